The highest BCUT2D eigenvalue weighted by Gasteiger charge is 2.25. The van der Waals surface area contributed by atoms with Crippen molar-refractivity contribution in [1.29, 1.82) is 0 Å². The summed E-state index contributed by atoms with van der Waals surface area (Å²) in [5.41, 5.74) is 6.80. The molecule has 0 amide bonds. The number of thiophene rings is 2. The summed E-state index contributed by atoms with van der Waals surface area (Å²) in [6.07, 6.45) is 9.86. The quantitative estimate of drug-likeness (QED) is 0.137. The molecule has 6 aromatic heterocycles. The van der Waals surface area contributed by atoms with Crippen LogP contribution in [0.5, 0.6) is 0 Å². The van der Waals surface area contributed by atoms with Gasteiger partial charge in [-0.25, -0.2) is 37.5 Å². The van der Waals surface area contributed by atoms with Crippen LogP contribution in [-0.4, -0.2) is 56.6 Å². The number of hydrogen-bond donors (Lipinski definition) is 3. The number of fused-ring (bicyclic) bond motifs is 4. The van der Waals surface area contributed by atoms with Crippen LogP contribution in [0.3, 0.4) is 0 Å². The Hall–Kier alpha value is -4.84. The summed E-state index contributed by atoms with van der Waals surface area (Å²) in [7, 11) is 0. The van der Waals surface area contributed by atoms with Crippen molar-refractivity contribution in [3.05, 3.63) is 105 Å². The van der Waals surface area contributed by atoms with Crippen molar-refractivity contribution in [3.63, 3.8) is 0 Å². The fourth-order valence-corrected chi connectivity index (χ4v) is 11.3. The van der Waals surface area contributed by atoms with Crippen molar-refractivity contribution in [2.45, 2.75) is 45.7 Å². The summed E-state index contributed by atoms with van der Waals surface area (Å²) in [6, 6.07) is 10.8. The third-order valence-corrected chi connectivity index (χ3v) is 14.3. The van der Waals surface area contributed by atoms with Crippen LogP contribution in [0.1, 0.15) is 43.4 Å². The van der Waals surface area contributed by atoms with Crippen molar-refractivity contribution in [2.24, 2.45) is 0 Å². The Bertz CT molecular complexity index is 2890. The maximum Gasteiger partial charge on any atom is 0.176 e. The lowest BCUT2D eigenvalue weighted by Crippen LogP contribution is -2.36. The van der Waals surface area contributed by atoms with E-state index in [9.17, 15) is 17.6 Å². The molecule has 3 N–H and O–H groups in total. The minimum Gasteiger partial charge on any atom is -0.350 e. The minimum atomic E-state index is -0.676. The molecule has 10 rings (SSSR count). The van der Waals surface area contributed by atoms with Gasteiger partial charge in [-0.2, -0.15) is 0 Å². The van der Waals surface area contributed by atoms with Crippen LogP contribution in [0.2, 0.25) is 0 Å². The molecule has 2 unspecified atom stereocenters. The highest BCUT2D eigenvalue weighted by Crippen LogP contribution is 2.41. The molecule has 2 aliphatic rings. The van der Waals surface area contributed by atoms with Crippen LogP contribution >= 0.6 is 45.3 Å². The Morgan fingerprint density at radius 2 is 1.26 bits per heavy atom. The molecular formula is C42H36F4N8S4. The minimum absolute atomic E-state index is 0.178. The Labute approximate surface area is 347 Å². The molecule has 0 fully saturated rings. The normalized spacial score (nSPS) is 17.4. The smallest absolute Gasteiger partial charge is 0.176 e. The monoisotopic (exact) mass is 856 g/mol. The molecule has 8 heterocycles. The molecule has 16 heteroatoms. The van der Waals surface area contributed by atoms with E-state index in [2.05, 4.69) is 79.8 Å². The molecule has 0 saturated carbocycles. The molecule has 0 spiro atoms. The Morgan fingerprint density at radius 1 is 0.724 bits per heavy atom. The summed E-state index contributed by atoms with van der Waals surface area (Å²) < 4.78 is 59.8. The third-order valence-electron chi connectivity index (χ3n) is 10.6. The summed E-state index contributed by atoms with van der Waals surface area (Å²) in [6.45, 7) is 9.57. The Balaban J connectivity index is 0.000000151. The first-order valence-corrected chi connectivity index (χ1v) is 22.2. The van der Waals surface area contributed by atoms with Gasteiger partial charge in [-0.3, -0.25) is 4.90 Å². The van der Waals surface area contributed by atoms with E-state index in [1.165, 1.54) is 57.0 Å². The van der Waals surface area contributed by atoms with Crippen LogP contribution in [0.15, 0.2) is 72.0 Å². The number of halogens is 4. The van der Waals surface area contributed by atoms with Gasteiger partial charge in [-0.1, -0.05) is 19.1 Å². The lowest BCUT2D eigenvalue weighted by Gasteiger charge is -2.32. The standard InChI is InChI=1S/C22H20F2N4S2.C20H16F2N4S2/c1-3-28-8-4-5-13(12(28)2)17-9-14-16(6-7-25-22(14)30-17)27-20-15(23)10-18-21(19(20)24)26-11-29-18;1-10-11(3-2-5-23-10)15-7-12-14(4-6-24-20(12)28-15)26-18-13(21)8-16-19(17(18)22)25-9-27-16/h5-7,9-12H,3-4,8H2,1-2H3,(H,25,27);3-4,6-10,23H,2,5H2,1H3,(H,24,26). The molecule has 0 aliphatic carbocycles. The van der Waals surface area contributed by atoms with Crippen LogP contribution in [0.25, 0.3) is 52.0 Å². The summed E-state index contributed by atoms with van der Waals surface area (Å²) in [5, 5.41) is 11.1. The number of anilines is 4. The van der Waals surface area contributed by atoms with Gasteiger partial charge in [-0.05, 0) is 87.3 Å². The van der Waals surface area contributed by atoms with Gasteiger partial charge < -0.3 is 16.0 Å². The molecule has 58 heavy (non-hydrogen) atoms. The fraction of sp³-hybridized carbons (Fsp3) is 0.238. The van der Waals surface area contributed by atoms with Crippen molar-refractivity contribution >= 4 is 120 Å². The van der Waals surface area contributed by atoms with Crippen molar-refractivity contribution < 1.29 is 17.6 Å². The van der Waals surface area contributed by atoms with Gasteiger partial charge in [0.2, 0.25) is 0 Å². The van der Waals surface area contributed by atoms with E-state index in [0.717, 1.165) is 62.7 Å². The Morgan fingerprint density at radius 3 is 1.79 bits per heavy atom. The van der Waals surface area contributed by atoms with Crippen LogP contribution in [-0.2, 0) is 0 Å². The number of nitrogens with one attached hydrogen (secondary N) is 3. The largest absolute Gasteiger partial charge is 0.350 e. The number of pyridine rings is 2. The van der Waals surface area contributed by atoms with E-state index in [4.69, 9.17) is 0 Å². The second kappa shape index (κ2) is 16.1. The fourth-order valence-electron chi connectivity index (χ4n) is 7.56. The first-order valence-electron chi connectivity index (χ1n) is 18.8. The van der Waals surface area contributed by atoms with Crippen molar-refractivity contribution in [3.8, 4) is 0 Å². The number of nitrogens with zero attached hydrogens (tertiary/aromatic N) is 5. The van der Waals surface area contributed by atoms with Gasteiger partial charge >= 0.3 is 0 Å². The maximum atomic E-state index is 14.9. The zero-order chi connectivity index (χ0) is 40.1. The highest BCUT2D eigenvalue weighted by molar-refractivity contribution is 7.20. The first-order chi connectivity index (χ1) is 28.2. The zero-order valence-corrected chi connectivity index (χ0v) is 34.8. The van der Waals surface area contributed by atoms with E-state index < -0.39 is 23.3 Å². The van der Waals surface area contributed by atoms with Crippen LogP contribution in [0, 0.1) is 23.3 Å². The predicted molar refractivity (Wildman–Crippen MR) is 234 cm³/mol. The molecule has 0 radical (unpaired) electrons. The SMILES string of the molecule is CC1NCCC=C1c1cc2c(Nc3c(F)cc4scnc4c3F)ccnc2s1.CCN1CCC=C(c2cc3c(Nc4c(F)cc5scnc5c4F)ccnc3s2)C1C. The van der Waals surface area contributed by atoms with Gasteiger partial charge in [0.1, 0.15) is 32.1 Å². The van der Waals surface area contributed by atoms with E-state index in [-0.39, 0.29) is 28.5 Å². The number of likely N-dealkylation sites (N-methyl/N-ethyl adjacent to an activating group) is 1. The van der Waals surface area contributed by atoms with Gasteiger partial charge in [0, 0.05) is 51.5 Å². The molecule has 296 valence electrons. The van der Waals surface area contributed by atoms with Gasteiger partial charge in [0.05, 0.1) is 31.8 Å². The van der Waals surface area contributed by atoms with Gasteiger partial charge in [-0.15, -0.1) is 45.3 Å². The predicted octanol–water partition coefficient (Wildman–Crippen LogP) is 12.1. The topological polar surface area (TPSA) is 90.9 Å². The molecule has 0 bridgehead atoms. The lowest BCUT2D eigenvalue weighted by molar-refractivity contribution is 0.257. The van der Waals surface area contributed by atoms with Crippen LogP contribution < -0.4 is 16.0 Å². The van der Waals surface area contributed by atoms with E-state index in [1.807, 2.05) is 6.07 Å². The highest BCUT2D eigenvalue weighted by atomic mass is 32.1. The number of hydrogen-bond acceptors (Lipinski definition) is 12. The summed E-state index contributed by atoms with van der Waals surface area (Å²) >= 11 is 5.63. The number of aromatic nitrogens is 4. The van der Waals surface area contributed by atoms with Gasteiger partial charge in [0.25, 0.3) is 0 Å². The summed E-state index contributed by atoms with van der Waals surface area (Å²) in [4.78, 5) is 23.3. The number of rotatable bonds is 7. The summed E-state index contributed by atoms with van der Waals surface area (Å²) in [5.74, 6) is -2.62. The van der Waals surface area contributed by atoms with Crippen molar-refractivity contribution in [1.82, 2.24) is 30.2 Å². The second-order valence-corrected chi connectivity index (χ2v) is 17.8. The first kappa shape index (κ1) is 38.7. The molecule has 2 atom stereocenters. The second-order valence-electron chi connectivity index (χ2n) is 14.0. The number of thiazole rings is 2. The average molecular weight is 857 g/mol. The van der Waals surface area contributed by atoms with Gasteiger partial charge in [0.15, 0.2) is 23.3 Å². The zero-order valence-electron chi connectivity index (χ0n) is 31.5. The van der Waals surface area contributed by atoms with E-state index in [0.29, 0.717) is 26.8 Å². The van der Waals surface area contributed by atoms with E-state index >= 15 is 0 Å². The third kappa shape index (κ3) is 7.15. The molecule has 8 nitrogen and oxygen atoms in total. The van der Waals surface area contributed by atoms with Crippen LogP contribution in [0.4, 0.5) is 40.3 Å². The molecular weight excluding hydrogens is 821 g/mol. The average Bonchev–Trinajstić information content (AvgIpc) is 4.05. The van der Waals surface area contributed by atoms with Crippen molar-refractivity contribution in [2.75, 3.05) is 30.3 Å². The molecule has 2 aromatic carbocycles. The molecule has 0 saturated heterocycles. The number of benzene rings is 2. The maximum absolute atomic E-state index is 14.9. The molecule has 8 aromatic rings. The molecule has 2 aliphatic heterocycles. The lowest BCUT2D eigenvalue weighted by atomic mass is 9.99. The van der Waals surface area contributed by atoms with E-state index in [1.54, 1.807) is 47.2 Å². The Kier molecular flexibility index (Phi) is 10.7.